The van der Waals surface area contributed by atoms with Gasteiger partial charge in [-0.05, 0) is 23.3 Å². The number of Topliss-reactive ketones (excluding diaryl/α,β-unsaturated/α-hetero) is 1. The molecule has 0 aliphatic carbocycles. The van der Waals surface area contributed by atoms with Crippen molar-refractivity contribution in [3.05, 3.63) is 106 Å². The molecule has 3 aromatic rings. The van der Waals surface area contributed by atoms with Gasteiger partial charge < -0.3 is 4.74 Å². The van der Waals surface area contributed by atoms with Crippen molar-refractivity contribution in [2.75, 3.05) is 6.61 Å². The molecule has 0 saturated carbocycles. The molecular formula is C22H17BrO3. The molecule has 130 valence electrons. The molecule has 0 aromatic heterocycles. The summed E-state index contributed by atoms with van der Waals surface area (Å²) in [5, 5.41) is 0. The number of halogens is 1. The maximum atomic E-state index is 12.8. The van der Waals surface area contributed by atoms with Crippen LogP contribution in [0.25, 0.3) is 0 Å². The summed E-state index contributed by atoms with van der Waals surface area (Å²) in [4.78, 5) is 25.0. The lowest BCUT2D eigenvalue weighted by Gasteiger charge is -2.16. The molecule has 4 heteroatoms. The van der Waals surface area contributed by atoms with Gasteiger partial charge in [0.05, 0.1) is 0 Å². The molecule has 0 unspecified atom stereocenters. The van der Waals surface area contributed by atoms with E-state index in [0.29, 0.717) is 5.56 Å². The van der Waals surface area contributed by atoms with Crippen molar-refractivity contribution in [3.8, 4) is 0 Å². The van der Waals surface area contributed by atoms with Crippen molar-refractivity contribution in [1.29, 1.82) is 0 Å². The Bertz CT molecular complexity index is 835. The fourth-order valence-electron chi connectivity index (χ4n) is 2.69. The minimum absolute atomic E-state index is 0.231. The molecule has 3 nitrogen and oxygen atoms in total. The summed E-state index contributed by atoms with van der Waals surface area (Å²) in [5.41, 5.74) is 2.18. The Kier molecular flexibility index (Phi) is 5.97. The zero-order valence-corrected chi connectivity index (χ0v) is 15.6. The van der Waals surface area contributed by atoms with E-state index in [1.165, 1.54) is 0 Å². The molecule has 0 aliphatic heterocycles. The number of carbonyl (C=O) groups is 2. The zero-order chi connectivity index (χ0) is 18.4. The topological polar surface area (TPSA) is 43.4 Å². The summed E-state index contributed by atoms with van der Waals surface area (Å²) in [7, 11) is 0. The Morgan fingerprint density at radius 2 is 1.27 bits per heavy atom. The second-order valence-corrected chi connectivity index (χ2v) is 6.71. The van der Waals surface area contributed by atoms with Crippen LogP contribution in [0.15, 0.2) is 89.4 Å². The summed E-state index contributed by atoms with van der Waals surface area (Å²) < 4.78 is 6.25. The summed E-state index contributed by atoms with van der Waals surface area (Å²) in [6, 6.07) is 25.8. The van der Waals surface area contributed by atoms with Crippen molar-refractivity contribution in [3.63, 3.8) is 0 Å². The third-order valence-electron chi connectivity index (χ3n) is 4.01. The Morgan fingerprint density at radius 1 is 0.769 bits per heavy atom. The van der Waals surface area contributed by atoms with E-state index in [1.54, 1.807) is 24.3 Å². The number of hydrogen-bond acceptors (Lipinski definition) is 3. The van der Waals surface area contributed by atoms with Crippen LogP contribution in [-0.4, -0.2) is 18.4 Å². The number of carbonyl (C=O) groups excluding carboxylic acids is 2. The Balaban J connectivity index is 1.76. The number of rotatable bonds is 6. The maximum absolute atomic E-state index is 12.8. The molecule has 3 rings (SSSR count). The van der Waals surface area contributed by atoms with Crippen molar-refractivity contribution in [1.82, 2.24) is 0 Å². The van der Waals surface area contributed by atoms with Crippen LogP contribution < -0.4 is 0 Å². The average Bonchev–Trinajstić information content (AvgIpc) is 2.68. The van der Waals surface area contributed by atoms with Gasteiger partial charge in [0.25, 0.3) is 0 Å². The zero-order valence-electron chi connectivity index (χ0n) is 14.0. The Morgan fingerprint density at radius 3 is 1.77 bits per heavy atom. The second-order valence-electron chi connectivity index (χ2n) is 5.79. The molecule has 0 radical (unpaired) electrons. The standard InChI is InChI=1S/C22H17BrO3/c23-19-13-11-16(12-14-19)20(24)15-26-22(25)21(17-7-3-1-4-8-17)18-9-5-2-6-10-18/h1-14,21H,15H2. The first-order valence-corrected chi connectivity index (χ1v) is 9.00. The van der Waals surface area contributed by atoms with Gasteiger partial charge in [-0.15, -0.1) is 0 Å². The van der Waals surface area contributed by atoms with E-state index < -0.39 is 11.9 Å². The van der Waals surface area contributed by atoms with Gasteiger partial charge in [0.15, 0.2) is 12.4 Å². The molecule has 0 amide bonds. The fraction of sp³-hybridized carbons (Fsp3) is 0.0909. The predicted octanol–water partition coefficient (Wildman–Crippen LogP) is 5.01. The van der Waals surface area contributed by atoms with Gasteiger partial charge in [0, 0.05) is 10.0 Å². The molecule has 0 aliphatic rings. The maximum Gasteiger partial charge on any atom is 0.318 e. The highest BCUT2D eigenvalue weighted by atomic mass is 79.9. The normalized spacial score (nSPS) is 10.5. The largest absolute Gasteiger partial charge is 0.457 e. The molecule has 0 saturated heterocycles. The fourth-order valence-corrected chi connectivity index (χ4v) is 2.96. The van der Waals surface area contributed by atoms with Crippen LogP contribution in [-0.2, 0) is 9.53 Å². The van der Waals surface area contributed by atoms with E-state index in [9.17, 15) is 9.59 Å². The molecule has 0 heterocycles. The highest BCUT2D eigenvalue weighted by Gasteiger charge is 2.24. The quantitative estimate of drug-likeness (QED) is 0.425. The van der Waals surface area contributed by atoms with Crippen molar-refractivity contribution in [2.45, 2.75) is 5.92 Å². The smallest absolute Gasteiger partial charge is 0.318 e. The molecular weight excluding hydrogens is 392 g/mol. The number of benzene rings is 3. The van der Waals surface area contributed by atoms with E-state index >= 15 is 0 Å². The van der Waals surface area contributed by atoms with Crippen LogP contribution in [0.3, 0.4) is 0 Å². The first-order chi connectivity index (χ1) is 12.6. The summed E-state index contributed by atoms with van der Waals surface area (Å²) in [6.07, 6.45) is 0. The molecule has 3 aromatic carbocycles. The van der Waals surface area contributed by atoms with Crippen LogP contribution in [0.2, 0.25) is 0 Å². The molecule has 0 fully saturated rings. The third-order valence-corrected chi connectivity index (χ3v) is 4.54. The van der Waals surface area contributed by atoms with Crippen LogP contribution >= 0.6 is 15.9 Å². The van der Waals surface area contributed by atoms with Crippen molar-refractivity contribution >= 4 is 27.7 Å². The molecule has 0 N–H and O–H groups in total. The number of ether oxygens (including phenoxy) is 1. The summed E-state index contributed by atoms with van der Waals surface area (Å²) in [6.45, 7) is -0.281. The first kappa shape index (κ1) is 18.1. The second kappa shape index (κ2) is 8.59. The summed E-state index contributed by atoms with van der Waals surface area (Å²) in [5.74, 6) is -1.23. The van der Waals surface area contributed by atoms with Crippen LogP contribution in [0.1, 0.15) is 27.4 Å². The molecule has 0 atom stereocenters. The van der Waals surface area contributed by atoms with E-state index in [4.69, 9.17) is 4.74 Å². The van der Waals surface area contributed by atoms with Gasteiger partial charge in [-0.3, -0.25) is 9.59 Å². The first-order valence-electron chi connectivity index (χ1n) is 8.20. The van der Waals surface area contributed by atoms with Crippen LogP contribution in [0.5, 0.6) is 0 Å². The lowest BCUT2D eigenvalue weighted by molar-refractivity contribution is -0.143. The Labute approximate surface area is 160 Å². The predicted molar refractivity (Wildman–Crippen MR) is 104 cm³/mol. The van der Waals surface area contributed by atoms with Crippen LogP contribution in [0.4, 0.5) is 0 Å². The van der Waals surface area contributed by atoms with Gasteiger partial charge in [0.1, 0.15) is 5.92 Å². The number of esters is 1. The van der Waals surface area contributed by atoms with E-state index in [2.05, 4.69) is 15.9 Å². The lowest BCUT2D eigenvalue weighted by atomic mass is 9.91. The van der Waals surface area contributed by atoms with Crippen molar-refractivity contribution in [2.24, 2.45) is 0 Å². The van der Waals surface area contributed by atoms with E-state index in [1.807, 2.05) is 60.7 Å². The average molecular weight is 409 g/mol. The van der Waals surface area contributed by atoms with E-state index in [-0.39, 0.29) is 12.4 Å². The molecule has 26 heavy (non-hydrogen) atoms. The molecule has 0 bridgehead atoms. The third kappa shape index (κ3) is 4.46. The van der Waals surface area contributed by atoms with Crippen LogP contribution in [0, 0.1) is 0 Å². The van der Waals surface area contributed by atoms with Crippen molar-refractivity contribution < 1.29 is 14.3 Å². The molecule has 0 spiro atoms. The van der Waals surface area contributed by atoms with Gasteiger partial charge in [0.2, 0.25) is 0 Å². The highest BCUT2D eigenvalue weighted by molar-refractivity contribution is 9.10. The van der Waals surface area contributed by atoms with Gasteiger partial charge in [-0.2, -0.15) is 0 Å². The highest BCUT2D eigenvalue weighted by Crippen LogP contribution is 2.26. The van der Waals surface area contributed by atoms with Gasteiger partial charge >= 0.3 is 5.97 Å². The monoisotopic (exact) mass is 408 g/mol. The van der Waals surface area contributed by atoms with E-state index in [0.717, 1.165) is 15.6 Å². The SMILES string of the molecule is O=C(COC(=O)C(c1ccccc1)c1ccccc1)c1ccc(Br)cc1. The van der Waals surface area contributed by atoms with Gasteiger partial charge in [-0.25, -0.2) is 0 Å². The number of ketones is 1. The Hall–Kier alpha value is -2.72. The minimum Gasteiger partial charge on any atom is -0.457 e. The summed E-state index contributed by atoms with van der Waals surface area (Å²) >= 11 is 3.33. The minimum atomic E-state index is -0.560. The number of hydrogen-bond donors (Lipinski definition) is 0. The lowest BCUT2D eigenvalue weighted by Crippen LogP contribution is -2.21. The van der Waals surface area contributed by atoms with Gasteiger partial charge in [-0.1, -0.05) is 88.7 Å².